The Balaban J connectivity index is 1.78. The molecule has 7 nitrogen and oxygen atoms in total. The lowest BCUT2D eigenvalue weighted by Crippen LogP contribution is -2.13. The van der Waals surface area contributed by atoms with Crippen molar-refractivity contribution in [2.75, 3.05) is 5.32 Å². The van der Waals surface area contributed by atoms with Crippen molar-refractivity contribution in [1.29, 1.82) is 0 Å². The fourth-order valence-electron chi connectivity index (χ4n) is 2.27. The summed E-state index contributed by atoms with van der Waals surface area (Å²) < 4.78 is 0. The van der Waals surface area contributed by atoms with Gasteiger partial charge in [0, 0.05) is 35.3 Å². The molecule has 0 aliphatic heterocycles. The standard InChI is InChI=1S/C18H14N4O3/c1-12-7-8-15(9-16(12)22(24)25)21-18(23)14-10-19-17(20-11-14)13-5-3-2-4-6-13/h2-11H,1H3,(H,21,23). The zero-order chi connectivity index (χ0) is 17.8. The van der Waals surface area contributed by atoms with Crippen LogP contribution in [0.4, 0.5) is 11.4 Å². The van der Waals surface area contributed by atoms with Crippen LogP contribution in [0.25, 0.3) is 11.4 Å². The minimum absolute atomic E-state index is 0.0477. The van der Waals surface area contributed by atoms with E-state index in [4.69, 9.17) is 0 Å². The Morgan fingerprint density at radius 3 is 2.40 bits per heavy atom. The molecule has 0 aliphatic carbocycles. The maximum absolute atomic E-state index is 12.3. The van der Waals surface area contributed by atoms with Gasteiger partial charge in [-0.05, 0) is 13.0 Å². The number of carbonyl (C=O) groups excluding carboxylic acids is 1. The normalized spacial score (nSPS) is 10.3. The molecule has 1 N–H and O–H groups in total. The van der Waals surface area contributed by atoms with Gasteiger partial charge in [0.1, 0.15) is 0 Å². The Hall–Kier alpha value is -3.61. The van der Waals surface area contributed by atoms with Crippen LogP contribution in [0.5, 0.6) is 0 Å². The number of aryl methyl sites for hydroxylation is 1. The van der Waals surface area contributed by atoms with Gasteiger partial charge in [-0.3, -0.25) is 14.9 Å². The van der Waals surface area contributed by atoms with Crippen molar-refractivity contribution in [2.24, 2.45) is 0 Å². The third-order valence-corrected chi connectivity index (χ3v) is 3.61. The molecule has 1 heterocycles. The van der Waals surface area contributed by atoms with Gasteiger partial charge in [-0.2, -0.15) is 0 Å². The highest BCUT2D eigenvalue weighted by atomic mass is 16.6. The van der Waals surface area contributed by atoms with Gasteiger partial charge in [0.05, 0.1) is 10.5 Å². The molecule has 3 aromatic rings. The largest absolute Gasteiger partial charge is 0.322 e. The summed E-state index contributed by atoms with van der Waals surface area (Å²) in [5.41, 5.74) is 1.94. The van der Waals surface area contributed by atoms with Crippen molar-refractivity contribution in [3.05, 3.63) is 82.2 Å². The predicted molar refractivity (Wildman–Crippen MR) is 93.3 cm³/mol. The number of anilines is 1. The molecule has 0 fully saturated rings. The number of hydrogen-bond donors (Lipinski definition) is 1. The molecule has 0 radical (unpaired) electrons. The molecule has 0 atom stereocenters. The smallest absolute Gasteiger partial charge is 0.274 e. The number of benzene rings is 2. The Morgan fingerprint density at radius 1 is 1.08 bits per heavy atom. The fourth-order valence-corrected chi connectivity index (χ4v) is 2.27. The second-order valence-corrected chi connectivity index (χ2v) is 5.37. The van der Waals surface area contributed by atoms with Gasteiger partial charge in [-0.1, -0.05) is 36.4 Å². The number of nitro benzene ring substituents is 1. The molecular formula is C18H14N4O3. The monoisotopic (exact) mass is 334 g/mol. The Bertz CT molecular complexity index is 925. The number of amides is 1. The number of nitro groups is 1. The van der Waals surface area contributed by atoms with Crippen LogP contribution in [-0.2, 0) is 0 Å². The van der Waals surface area contributed by atoms with E-state index in [1.54, 1.807) is 19.1 Å². The fraction of sp³-hybridized carbons (Fsp3) is 0.0556. The molecule has 1 aromatic heterocycles. The number of nitrogens with one attached hydrogen (secondary N) is 1. The van der Waals surface area contributed by atoms with Crippen molar-refractivity contribution in [3.8, 4) is 11.4 Å². The summed E-state index contributed by atoms with van der Waals surface area (Å²) in [5, 5.41) is 13.6. The van der Waals surface area contributed by atoms with Gasteiger partial charge in [0.2, 0.25) is 0 Å². The Kier molecular flexibility index (Phi) is 4.47. The van der Waals surface area contributed by atoms with Crippen molar-refractivity contribution in [1.82, 2.24) is 9.97 Å². The maximum Gasteiger partial charge on any atom is 0.274 e. The minimum atomic E-state index is -0.483. The lowest BCUT2D eigenvalue weighted by molar-refractivity contribution is -0.385. The van der Waals surface area contributed by atoms with Gasteiger partial charge in [-0.25, -0.2) is 9.97 Å². The molecular weight excluding hydrogens is 320 g/mol. The summed E-state index contributed by atoms with van der Waals surface area (Å²) in [7, 11) is 0. The van der Waals surface area contributed by atoms with E-state index in [2.05, 4.69) is 15.3 Å². The molecule has 0 unspecified atom stereocenters. The zero-order valence-electron chi connectivity index (χ0n) is 13.3. The second-order valence-electron chi connectivity index (χ2n) is 5.37. The summed E-state index contributed by atoms with van der Waals surface area (Å²) in [6, 6.07) is 13.9. The highest BCUT2D eigenvalue weighted by Crippen LogP contribution is 2.22. The first-order valence-corrected chi connectivity index (χ1v) is 7.48. The molecule has 0 spiro atoms. The minimum Gasteiger partial charge on any atom is -0.322 e. The highest BCUT2D eigenvalue weighted by Gasteiger charge is 2.14. The number of aromatic nitrogens is 2. The summed E-state index contributed by atoms with van der Waals surface area (Å²) in [6.07, 6.45) is 2.85. The van der Waals surface area contributed by atoms with Crippen LogP contribution in [0.15, 0.2) is 60.9 Å². The van der Waals surface area contributed by atoms with Crippen LogP contribution in [0, 0.1) is 17.0 Å². The summed E-state index contributed by atoms with van der Waals surface area (Å²) in [4.78, 5) is 31.1. The van der Waals surface area contributed by atoms with Crippen molar-refractivity contribution < 1.29 is 9.72 Å². The van der Waals surface area contributed by atoms with Gasteiger partial charge < -0.3 is 5.32 Å². The average molecular weight is 334 g/mol. The summed E-state index contributed by atoms with van der Waals surface area (Å²) in [5.74, 6) is 0.0842. The SMILES string of the molecule is Cc1ccc(NC(=O)c2cnc(-c3ccccc3)nc2)cc1[N+](=O)[O-]. The van der Waals surface area contributed by atoms with Gasteiger partial charge in [-0.15, -0.1) is 0 Å². The van der Waals surface area contributed by atoms with Crippen LogP contribution in [0.3, 0.4) is 0 Å². The second kappa shape index (κ2) is 6.88. The number of carbonyl (C=O) groups is 1. The molecule has 3 rings (SSSR count). The quantitative estimate of drug-likeness (QED) is 0.580. The number of nitrogens with zero attached hydrogens (tertiary/aromatic N) is 3. The third-order valence-electron chi connectivity index (χ3n) is 3.61. The van der Waals surface area contributed by atoms with E-state index in [0.29, 0.717) is 17.1 Å². The molecule has 25 heavy (non-hydrogen) atoms. The molecule has 7 heteroatoms. The lowest BCUT2D eigenvalue weighted by Gasteiger charge is -2.06. The van der Waals surface area contributed by atoms with Crippen LogP contribution in [0.1, 0.15) is 15.9 Å². The first-order valence-electron chi connectivity index (χ1n) is 7.48. The first kappa shape index (κ1) is 16.3. The third kappa shape index (κ3) is 3.66. The maximum atomic E-state index is 12.3. The van der Waals surface area contributed by atoms with Crippen LogP contribution in [-0.4, -0.2) is 20.8 Å². The van der Waals surface area contributed by atoms with Gasteiger partial charge in [0.25, 0.3) is 11.6 Å². The van der Waals surface area contributed by atoms with E-state index in [1.165, 1.54) is 18.5 Å². The molecule has 2 aromatic carbocycles. The van der Waals surface area contributed by atoms with Crippen molar-refractivity contribution in [3.63, 3.8) is 0 Å². The predicted octanol–water partition coefficient (Wildman–Crippen LogP) is 3.61. The summed E-state index contributed by atoms with van der Waals surface area (Å²) >= 11 is 0. The molecule has 124 valence electrons. The van der Waals surface area contributed by atoms with E-state index in [9.17, 15) is 14.9 Å². The van der Waals surface area contributed by atoms with E-state index in [0.717, 1.165) is 5.56 Å². The molecule has 0 saturated carbocycles. The average Bonchev–Trinajstić information content (AvgIpc) is 2.64. The Morgan fingerprint density at radius 2 is 1.76 bits per heavy atom. The molecule has 0 saturated heterocycles. The van der Waals surface area contributed by atoms with Crippen LogP contribution < -0.4 is 5.32 Å². The lowest BCUT2D eigenvalue weighted by atomic mass is 10.2. The highest BCUT2D eigenvalue weighted by molar-refractivity contribution is 6.04. The van der Waals surface area contributed by atoms with E-state index in [-0.39, 0.29) is 11.3 Å². The Labute approximate surface area is 143 Å². The van der Waals surface area contributed by atoms with Crippen LogP contribution in [0.2, 0.25) is 0 Å². The number of rotatable bonds is 4. The molecule has 0 aliphatic rings. The topological polar surface area (TPSA) is 98.0 Å². The van der Waals surface area contributed by atoms with Crippen molar-refractivity contribution in [2.45, 2.75) is 6.92 Å². The number of hydrogen-bond acceptors (Lipinski definition) is 5. The van der Waals surface area contributed by atoms with E-state index >= 15 is 0 Å². The van der Waals surface area contributed by atoms with Crippen LogP contribution >= 0.6 is 0 Å². The van der Waals surface area contributed by atoms with E-state index < -0.39 is 10.8 Å². The van der Waals surface area contributed by atoms with Gasteiger partial charge in [0.15, 0.2) is 5.82 Å². The van der Waals surface area contributed by atoms with Gasteiger partial charge >= 0.3 is 0 Å². The van der Waals surface area contributed by atoms with Crippen molar-refractivity contribution >= 4 is 17.3 Å². The molecule has 0 bridgehead atoms. The molecule has 1 amide bonds. The van der Waals surface area contributed by atoms with E-state index in [1.807, 2.05) is 30.3 Å². The zero-order valence-corrected chi connectivity index (χ0v) is 13.3. The summed E-state index contributed by atoms with van der Waals surface area (Å²) in [6.45, 7) is 1.64. The first-order chi connectivity index (χ1) is 12.0.